The van der Waals surface area contributed by atoms with Crippen molar-refractivity contribution in [3.05, 3.63) is 29.6 Å². The van der Waals surface area contributed by atoms with Gasteiger partial charge in [0, 0.05) is 32.2 Å². The van der Waals surface area contributed by atoms with Crippen molar-refractivity contribution in [2.75, 3.05) is 20.1 Å². The third-order valence-corrected chi connectivity index (χ3v) is 4.96. The number of benzene rings is 1. The van der Waals surface area contributed by atoms with Gasteiger partial charge in [0.1, 0.15) is 0 Å². The second-order valence-corrected chi connectivity index (χ2v) is 6.37. The second kappa shape index (κ2) is 9.23. The van der Waals surface area contributed by atoms with Crippen LogP contribution in [0.5, 0.6) is 5.75 Å². The Morgan fingerprint density at radius 2 is 2.08 bits per heavy atom. The number of carbonyl (C=O) groups excluding carboxylic acids is 1. The van der Waals surface area contributed by atoms with Gasteiger partial charge in [-0.1, -0.05) is 19.9 Å². The van der Waals surface area contributed by atoms with Crippen LogP contribution in [0, 0.1) is 5.82 Å². The number of hydrogen-bond acceptors (Lipinski definition) is 3. The highest BCUT2D eigenvalue weighted by Crippen LogP contribution is 2.21. The summed E-state index contributed by atoms with van der Waals surface area (Å²) in [6.07, 6.45) is 3.42. The Morgan fingerprint density at radius 1 is 1.42 bits per heavy atom. The number of rotatable bonds is 6. The number of halogens is 2. The smallest absolute Gasteiger partial charge is 0.227 e. The van der Waals surface area contributed by atoms with Crippen LogP contribution in [-0.4, -0.2) is 53.0 Å². The highest BCUT2D eigenvalue weighted by Gasteiger charge is 2.30. The zero-order valence-corrected chi connectivity index (χ0v) is 15.5. The van der Waals surface area contributed by atoms with Crippen molar-refractivity contribution in [1.29, 1.82) is 0 Å². The third kappa shape index (κ3) is 4.84. The molecule has 0 radical (unpaired) electrons. The van der Waals surface area contributed by atoms with Crippen LogP contribution in [-0.2, 0) is 11.2 Å². The third-order valence-electron chi connectivity index (χ3n) is 4.96. The van der Waals surface area contributed by atoms with E-state index in [-0.39, 0.29) is 36.5 Å². The molecule has 1 unspecified atom stereocenters. The normalized spacial score (nSPS) is 17.8. The molecule has 1 N–H and O–H groups in total. The molecular weight excluding hydrogens is 331 g/mol. The largest absolute Gasteiger partial charge is 0.505 e. The molecule has 24 heavy (non-hydrogen) atoms. The SMILES string of the molecule is CCC(CC)N1CCC(N(C)C(=O)Cc2ccc(O)c(F)c2)C1.Cl. The fourth-order valence-electron chi connectivity index (χ4n) is 3.38. The number of aromatic hydroxyl groups is 1. The number of phenols is 1. The first-order valence-electron chi connectivity index (χ1n) is 8.43. The minimum absolute atomic E-state index is 0. The van der Waals surface area contributed by atoms with E-state index < -0.39 is 5.82 Å². The predicted molar refractivity (Wildman–Crippen MR) is 96.1 cm³/mol. The molecule has 1 aromatic carbocycles. The maximum atomic E-state index is 13.4. The van der Waals surface area contributed by atoms with Crippen molar-refractivity contribution in [2.24, 2.45) is 0 Å². The van der Waals surface area contributed by atoms with Crippen molar-refractivity contribution < 1.29 is 14.3 Å². The van der Waals surface area contributed by atoms with Gasteiger partial charge >= 0.3 is 0 Å². The van der Waals surface area contributed by atoms with E-state index in [1.807, 2.05) is 7.05 Å². The molecule has 136 valence electrons. The van der Waals surface area contributed by atoms with E-state index in [2.05, 4.69) is 18.7 Å². The zero-order valence-electron chi connectivity index (χ0n) is 14.7. The van der Waals surface area contributed by atoms with Gasteiger partial charge in [0.2, 0.25) is 5.91 Å². The van der Waals surface area contributed by atoms with Crippen LogP contribution in [0.4, 0.5) is 4.39 Å². The van der Waals surface area contributed by atoms with Gasteiger partial charge in [-0.3, -0.25) is 9.69 Å². The van der Waals surface area contributed by atoms with Crippen molar-refractivity contribution in [2.45, 2.75) is 51.6 Å². The molecule has 0 spiro atoms. The van der Waals surface area contributed by atoms with Gasteiger partial charge < -0.3 is 10.0 Å². The van der Waals surface area contributed by atoms with Gasteiger partial charge in [0.05, 0.1) is 6.42 Å². The van der Waals surface area contributed by atoms with E-state index in [0.717, 1.165) is 32.4 Å². The maximum Gasteiger partial charge on any atom is 0.227 e. The quantitative estimate of drug-likeness (QED) is 0.849. The molecule has 1 aliphatic rings. The minimum Gasteiger partial charge on any atom is -0.505 e. The molecule has 1 heterocycles. The molecule has 1 aromatic rings. The van der Waals surface area contributed by atoms with Crippen molar-refractivity contribution >= 4 is 18.3 Å². The fraction of sp³-hybridized carbons (Fsp3) is 0.611. The summed E-state index contributed by atoms with van der Waals surface area (Å²) in [5, 5.41) is 9.21. The summed E-state index contributed by atoms with van der Waals surface area (Å²) in [6.45, 7) is 6.35. The molecule has 2 rings (SSSR count). The predicted octanol–water partition coefficient (Wildman–Crippen LogP) is 3.22. The summed E-state index contributed by atoms with van der Waals surface area (Å²) < 4.78 is 13.4. The summed E-state index contributed by atoms with van der Waals surface area (Å²) in [5.41, 5.74) is 0.590. The van der Waals surface area contributed by atoms with E-state index in [1.54, 1.807) is 11.0 Å². The van der Waals surface area contributed by atoms with E-state index in [1.165, 1.54) is 12.1 Å². The average Bonchev–Trinajstić information content (AvgIpc) is 3.01. The molecule has 1 aliphatic heterocycles. The molecule has 4 nitrogen and oxygen atoms in total. The maximum absolute atomic E-state index is 13.4. The first kappa shape index (κ1) is 20.7. The molecule has 0 saturated carbocycles. The van der Waals surface area contributed by atoms with Crippen LogP contribution in [0.2, 0.25) is 0 Å². The Kier molecular flexibility index (Phi) is 7.97. The summed E-state index contributed by atoms with van der Waals surface area (Å²) in [5.74, 6) is -1.07. The number of hydrogen-bond donors (Lipinski definition) is 1. The minimum atomic E-state index is -0.682. The first-order valence-corrected chi connectivity index (χ1v) is 8.43. The molecule has 1 amide bonds. The van der Waals surface area contributed by atoms with Gasteiger partial charge in [-0.15, -0.1) is 12.4 Å². The number of nitrogens with zero attached hydrogens (tertiary/aromatic N) is 2. The van der Waals surface area contributed by atoms with Gasteiger partial charge in [-0.25, -0.2) is 4.39 Å². The highest BCUT2D eigenvalue weighted by molar-refractivity contribution is 5.85. The molecule has 0 aliphatic carbocycles. The van der Waals surface area contributed by atoms with Gasteiger partial charge in [0.15, 0.2) is 11.6 Å². The van der Waals surface area contributed by atoms with Crippen molar-refractivity contribution in [3.63, 3.8) is 0 Å². The number of phenolic OH excluding ortho intramolecular Hbond substituents is 1. The van der Waals surface area contributed by atoms with Crippen molar-refractivity contribution in [3.8, 4) is 5.75 Å². The lowest BCUT2D eigenvalue weighted by Gasteiger charge is -2.28. The molecule has 1 atom stereocenters. The standard InChI is InChI=1S/C18H27FN2O2.ClH/c1-4-14(5-2)21-9-8-15(12-21)20(3)18(23)11-13-6-7-17(22)16(19)10-13;/h6-7,10,14-15,22H,4-5,8-9,11-12H2,1-3H3;1H. The Morgan fingerprint density at radius 3 is 2.67 bits per heavy atom. The van der Waals surface area contributed by atoms with E-state index >= 15 is 0 Å². The topological polar surface area (TPSA) is 43.8 Å². The Balaban J connectivity index is 0.00000288. The molecule has 0 bridgehead atoms. The monoisotopic (exact) mass is 358 g/mol. The van der Waals surface area contributed by atoms with Crippen LogP contribution in [0.1, 0.15) is 38.7 Å². The van der Waals surface area contributed by atoms with E-state index in [4.69, 9.17) is 0 Å². The van der Waals surface area contributed by atoms with E-state index in [0.29, 0.717) is 11.6 Å². The Labute approximate surface area is 150 Å². The highest BCUT2D eigenvalue weighted by atomic mass is 35.5. The average molecular weight is 359 g/mol. The Bertz CT molecular complexity index is 552. The van der Waals surface area contributed by atoms with Crippen molar-refractivity contribution in [1.82, 2.24) is 9.80 Å². The van der Waals surface area contributed by atoms with Gasteiger partial charge in [-0.05, 0) is 37.0 Å². The number of carbonyl (C=O) groups is 1. The van der Waals surface area contributed by atoms with E-state index in [9.17, 15) is 14.3 Å². The molecule has 1 saturated heterocycles. The molecular formula is C18H28ClFN2O2. The van der Waals surface area contributed by atoms with Crippen LogP contribution in [0.25, 0.3) is 0 Å². The number of amides is 1. The number of likely N-dealkylation sites (N-methyl/N-ethyl adjacent to an activating group) is 1. The second-order valence-electron chi connectivity index (χ2n) is 6.37. The first-order chi connectivity index (χ1) is 11.0. The summed E-state index contributed by atoms with van der Waals surface area (Å²) in [7, 11) is 1.83. The lowest BCUT2D eigenvalue weighted by molar-refractivity contribution is -0.131. The lowest BCUT2D eigenvalue weighted by Crippen LogP contribution is -2.41. The summed E-state index contributed by atoms with van der Waals surface area (Å²) >= 11 is 0. The number of likely N-dealkylation sites (tertiary alicyclic amines) is 1. The van der Waals surface area contributed by atoms with Crippen LogP contribution in [0.3, 0.4) is 0 Å². The van der Waals surface area contributed by atoms with Crippen LogP contribution < -0.4 is 0 Å². The lowest BCUT2D eigenvalue weighted by atomic mass is 10.1. The van der Waals surface area contributed by atoms with Gasteiger partial charge in [0.25, 0.3) is 0 Å². The fourth-order valence-corrected chi connectivity index (χ4v) is 3.38. The summed E-state index contributed by atoms with van der Waals surface area (Å²) in [6, 6.07) is 4.93. The molecule has 6 heteroatoms. The Hall–Kier alpha value is -1.33. The molecule has 0 aromatic heterocycles. The van der Waals surface area contributed by atoms with Crippen LogP contribution >= 0.6 is 12.4 Å². The zero-order chi connectivity index (χ0) is 17.0. The van der Waals surface area contributed by atoms with Crippen LogP contribution in [0.15, 0.2) is 18.2 Å². The molecule has 1 fully saturated rings. The summed E-state index contributed by atoms with van der Waals surface area (Å²) in [4.78, 5) is 16.7. The van der Waals surface area contributed by atoms with Gasteiger partial charge in [-0.2, -0.15) is 0 Å².